The molecule has 0 amide bonds. The molecule has 3 nitrogen and oxygen atoms in total. The van der Waals surface area contributed by atoms with Crippen molar-refractivity contribution in [2.24, 2.45) is 5.92 Å². The van der Waals surface area contributed by atoms with Crippen LogP contribution in [0.4, 0.5) is 0 Å². The van der Waals surface area contributed by atoms with Gasteiger partial charge in [-0.05, 0) is 38.0 Å². The summed E-state index contributed by atoms with van der Waals surface area (Å²) in [7, 11) is 1.68. The largest absolute Gasteiger partial charge is 0.378 e. The molecule has 0 aromatic heterocycles. The molecule has 0 spiro atoms. The first-order valence-electron chi connectivity index (χ1n) is 7.48. The smallest absolute Gasteiger partial charge is 0.161 e. The second-order valence-corrected chi connectivity index (χ2v) is 5.69. The molecule has 2 rings (SSSR count). The summed E-state index contributed by atoms with van der Waals surface area (Å²) >= 11 is 0. The van der Waals surface area contributed by atoms with Crippen molar-refractivity contribution in [1.82, 2.24) is 0 Å². The maximum Gasteiger partial charge on any atom is 0.161 e. The highest BCUT2D eigenvalue weighted by Crippen LogP contribution is 2.29. The number of ether oxygens (including phenoxy) is 2. The fourth-order valence-electron chi connectivity index (χ4n) is 3.34. The monoisotopic (exact) mass is 254 g/mol. The molecule has 0 radical (unpaired) electrons. The first-order chi connectivity index (χ1) is 8.81. The molecule has 1 aliphatic carbocycles. The van der Waals surface area contributed by atoms with Crippen molar-refractivity contribution in [1.29, 1.82) is 0 Å². The molecule has 2 unspecified atom stereocenters. The first kappa shape index (κ1) is 14.0. The molecular weight excluding hydrogens is 228 g/mol. The van der Waals surface area contributed by atoms with Crippen molar-refractivity contribution in [2.75, 3.05) is 13.7 Å². The molecule has 0 aromatic rings. The number of rotatable bonds is 6. The zero-order valence-electron chi connectivity index (χ0n) is 11.5. The maximum atomic E-state index is 12.2. The van der Waals surface area contributed by atoms with Gasteiger partial charge < -0.3 is 9.47 Å². The van der Waals surface area contributed by atoms with Gasteiger partial charge in [0.1, 0.15) is 6.10 Å². The average molecular weight is 254 g/mol. The minimum Gasteiger partial charge on any atom is -0.378 e. The van der Waals surface area contributed by atoms with E-state index in [1.54, 1.807) is 7.11 Å². The Morgan fingerprint density at radius 1 is 1.22 bits per heavy atom. The van der Waals surface area contributed by atoms with Crippen LogP contribution in [-0.2, 0) is 14.3 Å². The van der Waals surface area contributed by atoms with E-state index >= 15 is 0 Å². The highest BCUT2D eigenvalue weighted by atomic mass is 16.5. The minimum atomic E-state index is -0.160. The van der Waals surface area contributed by atoms with Gasteiger partial charge in [-0.3, -0.25) is 4.79 Å². The van der Waals surface area contributed by atoms with E-state index in [0.29, 0.717) is 24.2 Å². The Balaban J connectivity index is 1.76. The van der Waals surface area contributed by atoms with Gasteiger partial charge in [0.25, 0.3) is 0 Å². The number of carbonyl (C=O) groups excluding carboxylic acids is 1. The summed E-state index contributed by atoms with van der Waals surface area (Å²) < 4.78 is 11.0. The van der Waals surface area contributed by atoms with Crippen LogP contribution < -0.4 is 0 Å². The normalized spacial score (nSPS) is 27.3. The quantitative estimate of drug-likeness (QED) is 0.730. The van der Waals surface area contributed by atoms with Gasteiger partial charge in [0.2, 0.25) is 0 Å². The predicted molar refractivity (Wildman–Crippen MR) is 70.6 cm³/mol. The lowest BCUT2D eigenvalue weighted by molar-refractivity contribution is -0.133. The Labute approximate surface area is 110 Å². The van der Waals surface area contributed by atoms with Crippen LogP contribution in [0.2, 0.25) is 0 Å². The van der Waals surface area contributed by atoms with Crippen LogP contribution >= 0.6 is 0 Å². The second-order valence-electron chi connectivity index (χ2n) is 5.69. The van der Waals surface area contributed by atoms with Crippen LogP contribution in [0.15, 0.2) is 0 Å². The lowest BCUT2D eigenvalue weighted by Crippen LogP contribution is -2.33. The summed E-state index contributed by atoms with van der Waals surface area (Å²) in [6, 6.07) is 0. The van der Waals surface area contributed by atoms with Gasteiger partial charge in [-0.2, -0.15) is 0 Å². The van der Waals surface area contributed by atoms with E-state index in [1.165, 1.54) is 19.3 Å². The minimum absolute atomic E-state index is 0.160. The number of hydrogen-bond acceptors (Lipinski definition) is 3. The third-order valence-corrected chi connectivity index (χ3v) is 4.39. The highest BCUT2D eigenvalue weighted by molar-refractivity contribution is 5.83. The summed E-state index contributed by atoms with van der Waals surface area (Å²) in [6.07, 6.45) is 10.1. The van der Waals surface area contributed by atoms with Crippen LogP contribution in [0.5, 0.6) is 0 Å². The van der Waals surface area contributed by atoms with Crippen molar-refractivity contribution in [2.45, 2.75) is 70.0 Å². The zero-order valence-corrected chi connectivity index (χ0v) is 11.5. The topological polar surface area (TPSA) is 35.5 Å². The number of carbonyl (C=O) groups is 1. The van der Waals surface area contributed by atoms with Gasteiger partial charge in [-0.25, -0.2) is 0 Å². The van der Waals surface area contributed by atoms with Crippen LogP contribution in [0.25, 0.3) is 0 Å². The molecule has 1 aliphatic heterocycles. The van der Waals surface area contributed by atoms with Gasteiger partial charge in [0, 0.05) is 20.1 Å². The van der Waals surface area contributed by atoms with Gasteiger partial charge in [0.05, 0.1) is 6.10 Å². The van der Waals surface area contributed by atoms with Crippen LogP contribution in [-0.4, -0.2) is 31.7 Å². The van der Waals surface area contributed by atoms with Crippen LogP contribution in [0, 0.1) is 5.92 Å². The Bertz CT molecular complexity index is 252. The SMILES string of the molecule is COC(C(=O)CCC1CCCO1)C1CCCCC1. The van der Waals surface area contributed by atoms with E-state index in [4.69, 9.17) is 9.47 Å². The van der Waals surface area contributed by atoms with Crippen molar-refractivity contribution in [3.63, 3.8) is 0 Å². The van der Waals surface area contributed by atoms with Crippen molar-refractivity contribution in [3.8, 4) is 0 Å². The van der Waals surface area contributed by atoms with E-state index in [1.807, 2.05) is 0 Å². The molecule has 1 saturated carbocycles. The Kier molecular flexibility index (Phi) is 5.64. The van der Waals surface area contributed by atoms with E-state index < -0.39 is 0 Å². The first-order valence-corrected chi connectivity index (χ1v) is 7.48. The van der Waals surface area contributed by atoms with Gasteiger partial charge in [-0.1, -0.05) is 19.3 Å². The lowest BCUT2D eigenvalue weighted by atomic mass is 9.83. The second kappa shape index (κ2) is 7.25. The number of methoxy groups -OCH3 is 1. The molecule has 1 saturated heterocycles. The molecule has 2 fully saturated rings. The Morgan fingerprint density at radius 3 is 2.61 bits per heavy atom. The molecule has 0 N–H and O–H groups in total. The number of hydrogen-bond donors (Lipinski definition) is 0. The van der Waals surface area contributed by atoms with Gasteiger partial charge in [0.15, 0.2) is 5.78 Å². The molecule has 18 heavy (non-hydrogen) atoms. The molecule has 3 heteroatoms. The van der Waals surface area contributed by atoms with Crippen LogP contribution in [0.3, 0.4) is 0 Å². The number of ketones is 1. The third-order valence-electron chi connectivity index (χ3n) is 4.39. The predicted octanol–water partition coefficient (Wildman–Crippen LogP) is 3.11. The summed E-state index contributed by atoms with van der Waals surface area (Å²) in [5.41, 5.74) is 0. The maximum absolute atomic E-state index is 12.2. The summed E-state index contributed by atoms with van der Waals surface area (Å²) in [6.45, 7) is 0.870. The summed E-state index contributed by atoms with van der Waals surface area (Å²) in [5.74, 6) is 0.751. The molecule has 2 aliphatic rings. The highest BCUT2D eigenvalue weighted by Gasteiger charge is 2.29. The Hall–Kier alpha value is -0.410. The average Bonchev–Trinajstić information content (AvgIpc) is 2.92. The van der Waals surface area contributed by atoms with Crippen molar-refractivity contribution < 1.29 is 14.3 Å². The molecular formula is C15H26O3. The van der Waals surface area contributed by atoms with E-state index in [0.717, 1.165) is 38.7 Å². The molecule has 1 heterocycles. The van der Waals surface area contributed by atoms with Gasteiger partial charge in [-0.15, -0.1) is 0 Å². The summed E-state index contributed by atoms with van der Waals surface area (Å²) in [5, 5.41) is 0. The van der Waals surface area contributed by atoms with Crippen molar-refractivity contribution >= 4 is 5.78 Å². The Morgan fingerprint density at radius 2 is 2.00 bits per heavy atom. The van der Waals surface area contributed by atoms with E-state index in [9.17, 15) is 4.79 Å². The van der Waals surface area contributed by atoms with Gasteiger partial charge >= 0.3 is 0 Å². The third kappa shape index (κ3) is 3.79. The molecule has 2 atom stereocenters. The van der Waals surface area contributed by atoms with E-state index in [2.05, 4.69) is 0 Å². The number of Topliss-reactive ketones (excluding diaryl/α,β-unsaturated/α-hetero) is 1. The van der Waals surface area contributed by atoms with E-state index in [-0.39, 0.29) is 6.10 Å². The standard InChI is InChI=1S/C15H26O3/c1-17-15(12-6-3-2-4-7-12)14(16)10-9-13-8-5-11-18-13/h12-13,15H,2-11H2,1H3. The lowest BCUT2D eigenvalue weighted by Gasteiger charge is -2.28. The molecule has 0 aromatic carbocycles. The summed E-state index contributed by atoms with van der Waals surface area (Å²) in [4.78, 5) is 12.2. The van der Waals surface area contributed by atoms with Crippen molar-refractivity contribution in [3.05, 3.63) is 0 Å². The zero-order chi connectivity index (χ0) is 12.8. The van der Waals surface area contributed by atoms with Crippen LogP contribution in [0.1, 0.15) is 57.8 Å². The molecule has 104 valence electrons. The fraction of sp³-hybridized carbons (Fsp3) is 0.933. The fourth-order valence-corrected chi connectivity index (χ4v) is 3.34. The molecule has 0 bridgehead atoms.